The monoisotopic (exact) mass is 418 g/mol. The smallest absolute Gasteiger partial charge is 0.412 e. The molecule has 2 N–H and O–H groups in total. The Morgan fingerprint density at radius 1 is 0.733 bits per heavy atom. The van der Waals surface area contributed by atoms with Gasteiger partial charge >= 0.3 is 12.2 Å². The summed E-state index contributed by atoms with van der Waals surface area (Å²) >= 11 is 0. The number of rotatable bonds is 10. The molecular formula is C22H30N2O6. The zero-order valence-electron chi connectivity index (χ0n) is 18.0. The molecule has 0 atom stereocenters. The molecule has 0 spiro atoms. The van der Waals surface area contributed by atoms with Gasteiger partial charge in [0.15, 0.2) is 11.5 Å². The third kappa shape index (κ3) is 5.68. The van der Waals surface area contributed by atoms with Gasteiger partial charge in [-0.05, 0) is 12.8 Å². The molecule has 0 radical (unpaired) electrons. The first-order chi connectivity index (χ1) is 14.6. The van der Waals surface area contributed by atoms with Gasteiger partial charge < -0.3 is 29.6 Å². The van der Waals surface area contributed by atoms with Gasteiger partial charge in [0, 0.05) is 23.9 Å². The highest BCUT2D eigenvalue weighted by molar-refractivity contribution is 6.01. The van der Waals surface area contributed by atoms with Crippen molar-refractivity contribution in [3.63, 3.8) is 0 Å². The summed E-state index contributed by atoms with van der Waals surface area (Å²) in [6.07, 6.45) is 2.39. The molecule has 164 valence electrons. The van der Waals surface area contributed by atoms with Crippen LogP contribution in [0.3, 0.4) is 0 Å². The van der Waals surface area contributed by atoms with Crippen molar-refractivity contribution in [1.82, 2.24) is 10.6 Å². The SMILES string of the molecule is CCCCNC(=O)Oc1c(OC)c(OC)c(OC(=O)NCCCC)c2ccccc12. The van der Waals surface area contributed by atoms with Gasteiger partial charge in [-0.2, -0.15) is 0 Å². The highest BCUT2D eigenvalue weighted by atomic mass is 16.6. The van der Waals surface area contributed by atoms with Crippen LogP contribution in [0.5, 0.6) is 23.0 Å². The van der Waals surface area contributed by atoms with Crippen molar-refractivity contribution in [2.24, 2.45) is 0 Å². The Kier molecular flexibility index (Phi) is 9.05. The molecule has 0 bridgehead atoms. The Bertz CT molecular complexity index is 798. The lowest BCUT2D eigenvalue weighted by molar-refractivity contribution is 0.194. The van der Waals surface area contributed by atoms with Crippen molar-refractivity contribution < 1.29 is 28.5 Å². The second-order valence-electron chi connectivity index (χ2n) is 6.61. The number of carbonyl (C=O) groups excluding carboxylic acids is 2. The van der Waals surface area contributed by atoms with Gasteiger partial charge in [-0.3, -0.25) is 0 Å². The maximum atomic E-state index is 12.3. The largest absolute Gasteiger partial charge is 0.490 e. The van der Waals surface area contributed by atoms with Crippen LogP contribution in [0, 0.1) is 0 Å². The molecule has 0 saturated heterocycles. The molecule has 0 aliphatic heterocycles. The predicted molar refractivity (Wildman–Crippen MR) is 115 cm³/mol. The van der Waals surface area contributed by atoms with Crippen molar-refractivity contribution in [2.75, 3.05) is 27.3 Å². The number of methoxy groups -OCH3 is 2. The number of unbranched alkanes of at least 4 members (excludes halogenated alkanes) is 2. The fraction of sp³-hybridized carbons (Fsp3) is 0.455. The minimum absolute atomic E-state index is 0.165. The lowest BCUT2D eigenvalue weighted by Gasteiger charge is -2.19. The van der Waals surface area contributed by atoms with E-state index in [1.807, 2.05) is 13.8 Å². The molecule has 0 aliphatic carbocycles. The van der Waals surface area contributed by atoms with E-state index in [1.165, 1.54) is 14.2 Å². The van der Waals surface area contributed by atoms with Gasteiger partial charge in [-0.25, -0.2) is 9.59 Å². The Labute approximate surface area is 176 Å². The normalized spacial score (nSPS) is 10.4. The number of carbonyl (C=O) groups is 2. The van der Waals surface area contributed by atoms with Crippen LogP contribution in [-0.4, -0.2) is 39.5 Å². The summed E-state index contributed by atoms with van der Waals surface area (Å²) < 4.78 is 22.1. The van der Waals surface area contributed by atoms with E-state index in [4.69, 9.17) is 18.9 Å². The van der Waals surface area contributed by atoms with E-state index in [9.17, 15) is 9.59 Å². The summed E-state index contributed by atoms with van der Waals surface area (Å²) in [5.74, 6) is 0.715. The maximum Gasteiger partial charge on any atom is 0.412 e. The fourth-order valence-corrected chi connectivity index (χ4v) is 2.90. The van der Waals surface area contributed by atoms with Crippen molar-refractivity contribution in [2.45, 2.75) is 39.5 Å². The van der Waals surface area contributed by atoms with Gasteiger partial charge in [0.2, 0.25) is 11.5 Å². The van der Waals surface area contributed by atoms with Crippen LogP contribution in [0.1, 0.15) is 39.5 Å². The molecule has 0 aromatic heterocycles. The second-order valence-corrected chi connectivity index (χ2v) is 6.61. The van der Waals surface area contributed by atoms with E-state index >= 15 is 0 Å². The predicted octanol–water partition coefficient (Wildman–Crippen LogP) is 4.63. The molecule has 0 unspecified atom stereocenters. The molecule has 8 heteroatoms. The lowest BCUT2D eigenvalue weighted by atomic mass is 10.1. The summed E-state index contributed by atoms with van der Waals surface area (Å²) in [7, 11) is 2.86. The van der Waals surface area contributed by atoms with Crippen LogP contribution in [0.25, 0.3) is 10.8 Å². The summed E-state index contributed by atoms with van der Waals surface area (Å²) in [5.41, 5.74) is 0. The Morgan fingerprint density at radius 2 is 1.13 bits per heavy atom. The van der Waals surface area contributed by atoms with E-state index in [2.05, 4.69) is 10.6 Å². The maximum absolute atomic E-state index is 12.3. The van der Waals surface area contributed by atoms with Gasteiger partial charge in [0.25, 0.3) is 0 Å². The summed E-state index contributed by atoms with van der Waals surface area (Å²) in [6, 6.07) is 7.10. The lowest BCUT2D eigenvalue weighted by Crippen LogP contribution is -2.28. The molecule has 2 aromatic rings. The average molecular weight is 418 g/mol. The summed E-state index contributed by atoms with van der Waals surface area (Å²) in [5, 5.41) is 6.52. The van der Waals surface area contributed by atoms with Gasteiger partial charge in [-0.1, -0.05) is 51.0 Å². The van der Waals surface area contributed by atoms with Crippen LogP contribution < -0.4 is 29.6 Å². The minimum Gasteiger partial charge on any atom is -0.490 e. The minimum atomic E-state index is -0.597. The van der Waals surface area contributed by atoms with E-state index in [0.29, 0.717) is 23.9 Å². The number of hydrogen-bond acceptors (Lipinski definition) is 6. The summed E-state index contributed by atoms with van der Waals surface area (Å²) in [6.45, 7) is 5.08. The summed E-state index contributed by atoms with van der Waals surface area (Å²) in [4.78, 5) is 24.6. The molecule has 30 heavy (non-hydrogen) atoms. The molecule has 0 saturated carbocycles. The van der Waals surface area contributed by atoms with E-state index in [-0.39, 0.29) is 23.0 Å². The number of ether oxygens (including phenoxy) is 4. The van der Waals surface area contributed by atoms with Crippen molar-refractivity contribution in [3.8, 4) is 23.0 Å². The van der Waals surface area contributed by atoms with Gasteiger partial charge in [0.1, 0.15) is 0 Å². The zero-order valence-corrected chi connectivity index (χ0v) is 18.0. The topological polar surface area (TPSA) is 95.1 Å². The molecule has 2 amide bonds. The van der Waals surface area contributed by atoms with Crippen molar-refractivity contribution in [3.05, 3.63) is 24.3 Å². The standard InChI is InChI=1S/C22H30N2O6/c1-5-7-13-23-21(25)29-17-15-11-9-10-12-16(15)18(20(28-4)19(17)27-3)30-22(26)24-14-8-6-2/h9-12H,5-8,13-14H2,1-4H3,(H,23,25)(H,24,26). The molecule has 0 heterocycles. The molecular weight excluding hydrogens is 388 g/mol. The van der Waals surface area contributed by atoms with Gasteiger partial charge in [-0.15, -0.1) is 0 Å². The first-order valence-electron chi connectivity index (χ1n) is 10.1. The highest BCUT2D eigenvalue weighted by Crippen LogP contribution is 2.51. The Balaban J connectivity index is 2.46. The number of benzene rings is 2. The molecule has 8 nitrogen and oxygen atoms in total. The first-order valence-corrected chi connectivity index (χ1v) is 10.1. The fourth-order valence-electron chi connectivity index (χ4n) is 2.90. The highest BCUT2D eigenvalue weighted by Gasteiger charge is 2.26. The number of amides is 2. The molecule has 0 fully saturated rings. The van der Waals surface area contributed by atoms with Crippen LogP contribution in [0.2, 0.25) is 0 Å². The van der Waals surface area contributed by atoms with Crippen LogP contribution >= 0.6 is 0 Å². The third-order valence-electron chi connectivity index (χ3n) is 4.43. The van der Waals surface area contributed by atoms with E-state index in [0.717, 1.165) is 25.7 Å². The van der Waals surface area contributed by atoms with E-state index < -0.39 is 12.2 Å². The number of nitrogens with one attached hydrogen (secondary N) is 2. The van der Waals surface area contributed by atoms with Crippen molar-refractivity contribution >= 4 is 23.0 Å². The molecule has 2 rings (SSSR count). The molecule has 2 aromatic carbocycles. The number of fused-ring (bicyclic) bond motifs is 1. The van der Waals surface area contributed by atoms with E-state index in [1.54, 1.807) is 24.3 Å². The first kappa shape index (κ1) is 23.1. The zero-order chi connectivity index (χ0) is 21.9. The third-order valence-corrected chi connectivity index (χ3v) is 4.43. The van der Waals surface area contributed by atoms with Gasteiger partial charge in [0.05, 0.1) is 14.2 Å². The Hall–Kier alpha value is -3.16. The number of hydrogen-bond donors (Lipinski definition) is 2. The Morgan fingerprint density at radius 3 is 1.47 bits per heavy atom. The van der Waals surface area contributed by atoms with Crippen LogP contribution in [0.15, 0.2) is 24.3 Å². The van der Waals surface area contributed by atoms with Crippen LogP contribution in [-0.2, 0) is 0 Å². The quantitative estimate of drug-likeness (QED) is 0.546. The van der Waals surface area contributed by atoms with Crippen LogP contribution in [0.4, 0.5) is 9.59 Å². The second kappa shape index (κ2) is 11.7. The molecule has 0 aliphatic rings. The average Bonchev–Trinajstić information content (AvgIpc) is 2.75. The van der Waals surface area contributed by atoms with Crippen molar-refractivity contribution in [1.29, 1.82) is 0 Å².